The Morgan fingerprint density at radius 3 is 1.85 bits per heavy atom. The van der Waals surface area contributed by atoms with E-state index in [1.54, 1.807) is 0 Å². The summed E-state index contributed by atoms with van der Waals surface area (Å²) < 4.78 is 0.580. The standard InChI is InChI=1S/C17H21N2.HI/c1-19(2,3)18-17(16-12-8-5-9-13-16)14-15-10-6-4-7-11-15;/h4-13H,14H2,1-3H3;1H/q+1;/p-1/b18-17-;. The molecule has 0 aliphatic heterocycles. The first-order chi connectivity index (χ1) is 9.04. The zero-order valence-corrected chi connectivity index (χ0v) is 14.4. The summed E-state index contributed by atoms with van der Waals surface area (Å²) in [4.78, 5) is 0. The van der Waals surface area contributed by atoms with Gasteiger partial charge in [-0.2, -0.15) is 0 Å². The predicted octanol–water partition coefficient (Wildman–Crippen LogP) is 0.344. The molecule has 0 saturated carbocycles. The molecule has 0 aromatic heterocycles. The van der Waals surface area contributed by atoms with Crippen LogP contribution >= 0.6 is 0 Å². The minimum absolute atomic E-state index is 0. The number of halogens is 1. The molecule has 0 atom stereocenters. The van der Waals surface area contributed by atoms with E-state index in [2.05, 4.69) is 69.7 Å². The summed E-state index contributed by atoms with van der Waals surface area (Å²) >= 11 is 0. The third-order valence-electron chi connectivity index (χ3n) is 2.74. The predicted molar refractivity (Wildman–Crippen MR) is 81.2 cm³/mol. The van der Waals surface area contributed by atoms with Crippen LogP contribution in [0.4, 0.5) is 0 Å². The van der Waals surface area contributed by atoms with E-state index in [1.165, 1.54) is 11.1 Å². The molecule has 2 aromatic rings. The Kier molecular flexibility index (Phi) is 6.36. The van der Waals surface area contributed by atoms with Crippen molar-refractivity contribution in [1.82, 2.24) is 0 Å². The van der Waals surface area contributed by atoms with Gasteiger partial charge in [0, 0.05) is 12.0 Å². The number of hydrogen-bond donors (Lipinski definition) is 0. The second-order valence-electron chi connectivity index (χ2n) is 5.52. The third-order valence-corrected chi connectivity index (χ3v) is 2.74. The third kappa shape index (κ3) is 5.43. The lowest BCUT2D eigenvalue weighted by Crippen LogP contribution is -3.00. The molecule has 2 nitrogen and oxygen atoms in total. The fourth-order valence-electron chi connectivity index (χ4n) is 1.98. The van der Waals surface area contributed by atoms with Gasteiger partial charge >= 0.3 is 0 Å². The van der Waals surface area contributed by atoms with Crippen molar-refractivity contribution in [1.29, 1.82) is 0 Å². The number of benzene rings is 2. The topological polar surface area (TPSA) is 12.4 Å². The van der Waals surface area contributed by atoms with Crippen molar-refractivity contribution in [3.05, 3.63) is 71.8 Å². The molecule has 0 spiro atoms. The van der Waals surface area contributed by atoms with E-state index in [9.17, 15) is 0 Å². The molecule has 0 saturated heterocycles. The zero-order valence-electron chi connectivity index (χ0n) is 12.3. The van der Waals surface area contributed by atoms with Crippen molar-refractivity contribution in [2.45, 2.75) is 6.42 Å². The monoisotopic (exact) mass is 380 g/mol. The molecule has 0 fully saturated rings. The van der Waals surface area contributed by atoms with Crippen LogP contribution in [0.15, 0.2) is 65.8 Å². The van der Waals surface area contributed by atoms with Crippen molar-refractivity contribution in [2.75, 3.05) is 21.1 Å². The summed E-state index contributed by atoms with van der Waals surface area (Å²) in [5.41, 5.74) is 3.61. The summed E-state index contributed by atoms with van der Waals surface area (Å²) in [6, 6.07) is 20.9. The van der Waals surface area contributed by atoms with Crippen molar-refractivity contribution in [3.63, 3.8) is 0 Å². The van der Waals surface area contributed by atoms with Gasteiger partial charge in [-0.1, -0.05) is 65.8 Å². The first-order valence-electron chi connectivity index (χ1n) is 6.54. The van der Waals surface area contributed by atoms with Crippen LogP contribution in [0.5, 0.6) is 0 Å². The maximum absolute atomic E-state index is 4.83. The molecule has 0 amide bonds. The first kappa shape index (κ1) is 16.9. The molecule has 20 heavy (non-hydrogen) atoms. The van der Waals surface area contributed by atoms with Crippen LogP contribution in [0.1, 0.15) is 11.1 Å². The van der Waals surface area contributed by atoms with Gasteiger partial charge in [-0.15, -0.1) is 0 Å². The van der Waals surface area contributed by atoms with E-state index in [1.807, 2.05) is 12.1 Å². The van der Waals surface area contributed by atoms with Gasteiger partial charge in [-0.3, -0.25) is 0 Å². The first-order valence-corrected chi connectivity index (χ1v) is 6.54. The molecule has 0 unspecified atom stereocenters. The average Bonchev–Trinajstić information content (AvgIpc) is 2.39. The fourth-order valence-corrected chi connectivity index (χ4v) is 1.98. The highest BCUT2D eigenvalue weighted by molar-refractivity contribution is 6.01. The van der Waals surface area contributed by atoms with Crippen molar-refractivity contribution < 1.29 is 28.6 Å². The Morgan fingerprint density at radius 2 is 1.35 bits per heavy atom. The van der Waals surface area contributed by atoms with Gasteiger partial charge in [0.1, 0.15) is 5.71 Å². The van der Waals surface area contributed by atoms with Gasteiger partial charge in [-0.25, -0.2) is 4.59 Å². The molecular formula is C17H21IN2. The number of nitrogens with zero attached hydrogens (tertiary/aromatic N) is 2. The Balaban J connectivity index is 0.00000200. The summed E-state index contributed by atoms with van der Waals surface area (Å²) in [5, 5.41) is 4.83. The lowest BCUT2D eigenvalue weighted by atomic mass is 10.0. The Hall–Kier alpha value is -1.20. The van der Waals surface area contributed by atoms with E-state index in [0.717, 1.165) is 12.1 Å². The molecule has 0 heterocycles. The summed E-state index contributed by atoms with van der Waals surface area (Å²) in [6.45, 7) is 0. The number of rotatable bonds is 4. The molecule has 0 aliphatic carbocycles. The Bertz CT molecular complexity index is 542. The summed E-state index contributed by atoms with van der Waals surface area (Å²) in [5.74, 6) is 0. The second kappa shape index (κ2) is 7.55. The quantitative estimate of drug-likeness (QED) is 0.314. The summed E-state index contributed by atoms with van der Waals surface area (Å²) in [7, 11) is 6.23. The van der Waals surface area contributed by atoms with Crippen LogP contribution in [0, 0.1) is 0 Å². The smallest absolute Gasteiger partial charge is 0.107 e. The van der Waals surface area contributed by atoms with Gasteiger partial charge in [0.25, 0.3) is 0 Å². The molecule has 2 rings (SSSR count). The molecule has 0 radical (unpaired) electrons. The van der Waals surface area contributed by atoms with Crippen molar-refractivity contribution >= 4 is 5.71 Å². The maximum Gasteiger partial charge on any atom is 0.107 e. The molecule has 0 aliphatic rings. The van der Waals surface area contributed by atoms with Gasteiger partial charge in [0.15, 0.2) is 0 Å². The highest BCUT2D eigenvalue weighted by atomic mass is 127. The zero-order chi connectivity index (χ0) is 13.7. The fraction of sp³-hybridized carbons (Fsp3) is 0.235. The molecule has 106 valence electrons. The second-order valence-corrected chi connectivity index (χ2v) is 5.52. The van der Waals surface area contributed by atoms with Crippen molar-refractivity contribution in [3.8, 4) is 0 Å². The molecule has 2 aromatic carbocycles. The van der Waals surface area contributed by atoms with Crippen molar-refractivity contribution in [2.24, 2.45) is 5.10 Å². The molecule has 3 heteroatoms. The number of hydrogen-bond acceptors (Lipinski definition) is 1. The van der Waals surface area contributed by atoms with Crippen LogP contribution in [0.2, 0.25) is 0 Å². The van der Waals surface area contributed by atoms with Crippen LogP contribution in [0.3, 0.4) is 0 Å². The maximum atomic E-state index is 4.83. The Morgan fingerprint density at radius 1 is 0.850 bits per heavy atom. The van der Waals surface area contributed by atoms with E-state index in [0.29, 0.717) is 4.59 Å². The van der Waals surface area contributed by atoms with E-state index in [-0.39, 0.29) is 24.0 Å². The lowest BCUT2D eigenvalue weighted by Gasteiger charge is -2.18. The van der Waals surface area contributed by atoms with E-state index >= 15 is 0 Å². The number of quaternary nitrogens is 1. The van der Waals surface area contributed by atoms with E-state index in [4.69, 9.17) is 5.10 Å². The van der Waals surface area contributed by atoms with Crippen LogP contribution in [0.25, 0.3) is 0 Å². The largest absolute Gasteiger partial charge is 1.00 e. The SMILES string of the molecule is C[N+](C)(C)/N=C(/Cc1ccccc1)c1ccccc1.[I-]. The van der Waals surface area contributed by atoms with Crippen LogP contribution in [-0.2, 0) is 6.42 Å². The van der Waals surface area contributed by atoms with Gasteiger partial charge in [0.2, 0.25) is 0 Å². The van der Waals surface area contributed by atoms with E-state index < -0.39 is 0 Å². The highest BCUT2D eigenvalue weighted by Gasteiger charge is 2.12. The van der Waals surface area contributed by atoms with Crippen LogP contribution in [-0.4, -0.2) is 31.4 Å². The van der Waals surface area contributed by atoms with Gasteiger partial charge in [-0.05, 0) is 5.56 Å². The van der Waals surface area contributed by atoms with Gasteiger partial charge < -0.3 is 24.0 Å². The average molecular weight is 380 g/mol. The molecule has 0 N–H and O–H groups in total. The van der Waals surface area contributed by atoms with Gasteiger partial charge in [0.05, 0.1) is 21.1 Å². The normalized spacial score (nSPS) is 11.8. The Labute approximate surface area is 138 Å². The highest BCUT2D eigenvalue weighted by Crippen LogP contribution is 2.10. The lowest BCUT2D eigenvalue weighted by molar-refractivity contribution is -0.877. The minimum Gasteiger partial charge on any atom is -1.00 e. The van der Waals surface area contributed by atoms with Crippen LogP contribution < -0.4 is 24.0 Å². The molecular weight excluding hydrogens is 359 g/mol. The molecule has 0 bridgehead atoms. The summed E-state index contributed by atoms with van der Waals surface area (Å²) in [6.07, 6.45) is 0.861. The minimum atomic E-state index is 0.